The van der Waals surface area contributed by atoms with Gasteiger partial charge in [0.05, 0.1) is 6.04 Å². The molecule has 1 rings (SSSR count). The van der Waals surface area contributed by atoms with E-state index in [1.807, 2.05) is 38.0 Å². The van der Waals surface area contributed by atoms with Crippen molar-refractivity contribution >= 4 is 41.7 Å². The third-order valence-electron chi connectivity index (χ3n) is 3.63. The van der Waals surface area contributed by atoms with Crippen molar-refractivity contribution in [2.45, 2.75) is 18.9 Å². The molecule has 0 spiro atoms. The Bertz CT molecular complexity index is 468. The molecule has 0 saturated carbocycles. The van der Waals surface area contributed by atoms with Crippen LogP contribution in [-0.4, -0.2) is 57.1 Å². The molecule has 0 aliphatic heterocycles. The van der Waals surface area contributed by atoms with Gasteiger partial charge in [-0.1, -0.05) is 12.1 Å². The molecule has 1 aromatic rings. The van der Waals surface area contributed by atoms with Gasteiger partial charge in [-0.3, -0.25) is 4.99 Å². The van der Waals surface area contributed by atoms with E-state index in [0.717, 1.165) is 24.5 Å². The molecule has 0 amide bonds. The number of hydrogen-bond acceptors (Lipinski definition) is 3. The number of hydrogen-bond donors (Lipinski definition) is 2. The maximum absolute atomic E-state index is 13.1. The molecule has 1 atom stereocenters. The number of unbranched alkanes of at least 4 members (excludes halogenated alkanes) is 1. The summed E-state index contributed by atoms with van der Waals surface area (Å²) in [5.74, 6) is 1.80. The Labute approximate surface area is 167 Å². The molecule has 1 unspecified atom stereocenters. The van der Waals surface area contributed by atoms with E-state index in [9.17, 15) is 4.39 Å². The molecular weight excluding hydrogens is 438 g/mol. The maximum atomic E-state index is 13.1. The highest BCUT2D eigenvalue weighted by Gasteiger charge is 2.14. The summed E-state index contributed by atoms with van der Waals surface area (Å²) in [7, 11) is 5.82. The molecule has 0 radical (unpaired) electrons. The lowest BCUT2D eigenvalue weighted by Gasteiger charge is -2.26. The number of likely N-dealkylation sites (N-methyl/N-ethyl adjacent to an activating group) is 1. The van der Waals surface area contributed by atoms with Crippen molar-refractivity contribution in [3.63, 3.8) is 0 Å². The van der Waals surface area contributed by atoms with Gasteiger partial charge in [0.1, 0.15) is 5.82 Å². The highest BCUT2D eigenvalue weighted by molar-refractivity contribution is 14.0. The highest BCUT2D eigenvalue weighted by Crippen LogP contribution is 2.17. The van der Waals surface area contributed by atoms with E-state index in [1.165, 1.54) is 24.3 Å². The lowest BCUT2D eigenvalue weighted by atomic mass is 10.1. The number of nitrogens with one attached hydrogen (secondary N) is 2. The molecule has 4 nitrogen and oxygen atoms in total. The molecule has 1 aromatic carbocycles. The zero-order valence-corrected chi connectivity index (χ0v) is 18.2. The summed E-state index contributed by atoms with van der Waals surface area (Å²) in [5, 5.41) is 6.69. The number of nitrogens with zero attached hydrogens (tertiary/aromatic N) is 2. The van der Waals surface area contributed by atoms with Crippen molar-refractivity contribution in [2.75, 3.05) is 46.2 Å². The number of benzene rings is 1. The molecule has 0 aliphatic rings. The SMILES string of the molecule is CN=C(NCCCCSC)NCC(c1ccc(F)cc1)N(C)C.I. The summed E-state index contributed by atoms with van der Waals surface area (Å²) < 4.78 is 13.1. The van der Waals surface area contributed by atoms with E-state index in [2.05, 4.69) is 26.8 Å². The largest absolute Gasteiger partial charge is 0.356 e. The molecule has 0 fully saturated rings. The van der Waals surface area contributed by atoms with Crippen molar-refractivity contribution in [2.24, 2.45) is 4.99 Å². The van der Waals surface area contributed by atoms with Gasteiger partial charge in [0.25, 0.3) is 0 Å². The van der Waals surface area contributed by atoms with Gasteiger partial charge in [-0.25, -0.2) is 4.39 Å². The second-order valence-electron chi connectivity index (χ2n) is 5.61. The standard InChI is InChI=1S/C17H29FN4S.HI/c1-19-17(20-11-5-6-12-23-4)21-13-16(22(2)3)14-7-9-15(18)10-8-14;/h7-10,16H,5-6,11-13H2,1-4H3,(H2,19,20,21);1H. The minimum atomic E-state index is -0.207. The third-order valence-corrected chi connectivity index (χ3v) is 4.33. The zero-order valence-electron chi connectivity index (χ0n) is 15.0. The number of aliphatic imine (C=N–C) groups is 1. The fourth-order valence-corrected chi connectivity index (χ4v) is 2.77. The van der Waals surface area contributed by atoms with Gasteiger partial charge in [-0.05, 0) is 56.6 Å². The second-order valence-corrected chi connectivity index (χ2v) is 6.60. The van der Waals surface area contributed by atoms with Crippen LogP contribution in [0.2, 0.25) is 0 Å². The van der Waals surface area contributed by atoms with Gasteiger partial charge >= 0.3 is 0 Å². The maximum Gasteiger partial charge on any atom is 0.191 e. The van der Waals surface area contributed by atoms with E-state index >= 15 is 0 Å². The van der Waals surface area contributed by atoms with E-state index in [0.29, 0.717) is 6.54 Å². The van der Waals surface area contributed by atoms with Crippen LogP contribution < -0.4 is 10.6 Å². The van der Waals surface area contributed by atoms with Crippen LogP contribution in [0.5, 0.6) is 0 Å². The average Bonchev–Trinajstić information content (AvgIpc) is 2.54. The van der Waals surface area contributed by atoms with Crippen LogP contribution in [-0.2, 0) is 0 Å². The zero-order chi connectivity index (χ0) is 17.1. The first-order valence-corrected chi connectivity index (χ1v) is 9.33. The first-order valence-electron chi connectivity index (χ1n) is 7.93. The molecule has 2 N–H and O–H groups in total. The molecule has 138 valence electrons. The van der Waals surface area contributed by atoms with Crippen molar-refractivity contribution in [1.29, 1.82) is 0 Å². The van der Waals surface area contributed by atoms with Crippen LogP contribution in [0.1, 0.15) is 24.4 Å². The number of halogens is 2. The normalized spacial score (nSPS) is 12.7. The Hall–Kier alpha value is -0.540. The predicted octanol–water partition coefficient (Wildman–Crippen LogP) is 3.35. The Kier molecular flexibility index (Phi) is 13.4. The minimum absolute atomic E-state index is 0. The van der Waals surface area contributed by atoms with Gasteiger partial charge in [-0.15, -0.1) is 24.0 Å². The molecule has 0 heterocycles. The highest BCUT2D eigenvalue weighted by atomic mass is 127. The quantitative estimate of drug-likeness (QED) is 0.253. The van der Waals surface area contributed by atoms with Crippen molar-refractivity contribution in [1.82, 2.24) is 15.5 Å². The summed E-state index contributed by atoms with van der Waals surface area (Å²) in [5.41, 5.74) is 1.08. The van der Waals surface area contributed by atoms with Crippen LogP contribution >= 0.6 is 35.7 Å². The van der Waals surface area contributed by atoms with Gasteiger partial charge < -0.3 is 15.5 Å². The first kappa shape index (κ1) is 23.5. The van der Waals surface area contributed by atoms with Crippen LogP contribution in [0.15, 0.2) is 29.3 Å². The molecule has 7 heteroatoms. The van der Waals surface area contributed by atoms with Crippen molar-refractivity contribution in [3.8, 4) is 0 Å². The van der Waals surface area contributed by atoms with Crippen LogP contribution in [0, 0.1) is 5.82 Å². The van der Waals surface area contributed by atoms with Crippen LogP contribution in [0.25, 0.3) is 0 Å². The minimum Gasteiger partial charge on any atom is -0.356 e. The summed E-state index contributed by atoms with van der Waals surface area (Å²) in [4.78, 5) is 6.37. The smallest absolute Gasteiger partial charge is 0.191 e. The third kappa shape index (κ3) is 9.08. The fourth-order valence-electron chi connectivity index (χ4n) is 2.28. The fraction of sp³-hybridized carbons (Fsp3) is 0.588. The van der Waals surface area contributed by atoms with E-state index in [1.54, 1.807) is 7.05 Å². The molecular formula is C17H30FIN4S. The molecule has 0 aliphatic carbocycles. The monoisotopic (exact) mass is 468 g/mol. The first-order chi connectivity index (χ1) is 11.1. The Morgan fingerprint density at radius 1 is 1.21 bits per heavy atom. The second kappa shape index (κ2) is 13.7. The number of guanidine groups is 1. The Morgan fingerprint density at radius 2 is 1.88 bits per heavy atom. The van der Waals surface area contributed by atoms with Crippen LogP contribution in [0.3, 0.4) is 0 Å². The topological polar surface area (TPSA) is 39.7 Å². The van der Waals surface area contributed by atoms with Gasteiger partial charge in [0.2, 0.25) is 0 Å². The Morgan fingerprint density at radius 3 is 2.42 bits per heavy atom. The van der Waals surface area contributed by atoms with E-state index in [4.69, 9.17) is 0 Å². The van der Waals surface area contributed by atoms with Gasteiger partial charge in [0, 0.05) is 20.1 Å². The lowest BCUT2D eigenvalue weighted by molar-refractivity contribution is 0.298. The van der Waals surface area contributed by atoms with E-state index < -0.39 is 0 Å². The molecule has 0 aromatic heterocycles. The average molecular weight is 468 g/mol. The molecule has 24 heavy (non-hydrogen) atoms. The predicted molar refractivity (Wildman–Crippen MR) is 115 cm³/mol. The summed E-state index contributed by atoms with van der Waals surface area (Å²) in [6, 6.07) is 6.83. The summed E-state index contributed by atoms with van der Waals surface area (Å²) in [6.07, 6.45) is 4.47. The van der Waals surface area contributed by atoms with Crippen molar-refractivity contribution < 1.29 is 4.39 Å². The van der Waals surface area contributed by atoms with Gasteiger partial charge in [0.15, 0.2) is 5.96 Å². The lowest BCUT2D eigenvalue weighted by Crippen LogP contribution is -2.42. The van der Waals surface area contributed by atoms with Gasteiger partial charge in [-0.2, -0.15) is 11.8 Å². The van der Waals surface area contributed by atoms with E-state index in [-0.39, 0.29) is 35.8 Å². The van der Waals surface area contributed by atoms with Crippen LogP contribution in [0.4, 0.5) is 4.39 Å². The Balaban J connectivity index is 0.00000529. The summed E-state index contributed by atoms with van der Waals surface area (Å²) >= 11 is 1.88. The molecule has 0 bridgehead atoms. The van der Waals surface area contributed by atoms with Crippen molar-refractivity contribution in [3.05, 3.63) is 35.6 Å². The number of thioether (sulfide) groups is 1. The number of rotatable bonds is 9. The summed E-state index contributed by atoms with van der Waals surface area (Å²) in [6.45, 7) is 1.63. The molecule has 0 saturated heterocycles.